The number of carbonyl (C=O) groups is 4. The van der Waals surface area contributed by atoms with Crippen LogP contribution in [0, 0.1) is 23.7 Å². The number of fused-ring (bicyclic) bond motifs is 8. The number of aromatic hydroxyl groups is 8. The van der Waals surface area contributed by atoms with E-state index in [0.717, 1.165) is 0 Å². The van der Waals surface area contributed by atoms with Gasteiger partial charge in [-0.15, -0.1) is 0 Å². The van der Waals surface area contributed by atoms with E-state index in [-0.39, 0.29) is 188 Å². The smallest absolute Gasteiger partial charge is 0.320 e. The largest absolute Gasteiger partial charge is 0.507 e. The molecule has 20 nitrogen and oxygen atoms in total. The topological polar surface area (TPSA) is 324 Å². The summed E-state index contributed by atoms with van der Waals surface area (Å²) in [7, 11) is 0. The van der Waals surface area contributed by atoms with E-state index in [1.54, 1.807) is 43.9 Å². The van der Waals surface area contributed by atoms with Crippen LogP contribution in [0.2, 0.25) is 0 Å². The van der Waals surface area contributed by atoms with Gasteiger partial charge in [0.15, 0.2) is 0 Å². The summed E-state index contributed by atoms with van der Waals surface area (Å²) in [5, 5.41) is 148. The maximum Gasteiger partial charge on any atom is 0.320 e. The van der Waals surface area contributed by atoms with Gasteiger partial charge in [0.1, 0.15) is 70.2 Å². The van der Waals surface area contributed by atoms with Gasteiger partial charge in [-0.1, -0.05) is 55.4 Å². The van der Waals surface area contributed by atoms with Gasteiger partial charge in [0.05, 0.1) is 22.3 Å². The maximum atomic E-state index is 13.2. The quantitative estimate of drug-likeness (QED) is 0.0391. The predicted octanol–water partition coefficient (Wildman–Crippen LogP) is 10.6. The lowest BCUT2D eigenvalue weighted by Crippen LogP contribution is -2.35. The van der Waals surface area contributed by atoms with Crippen molar-refractivity contribution in [1.82, 2.24) is 19.6 Å². The molecule has 5 aliphatic rings. The Balaban J connectivity index is 1.49. The van der Waals surface area contributed by atoms with Crippen molar-refractivity contribution in [3.63, 3.8) is 0 Å². The van der Waals surface area contributed by atoms with Crippen LogP contribution in [0.5, 0.6) is 46.0 Å². The zero-order valence-electron chi connectivity index (χ0n) is 52.2. The fourth-order valence-electron chi connectivity index (χ4n) is 15.3. The Kier molecular flexibility index (Phi) is 19.8. The first kappa shape index (κ1) is 65.4. The normalized spacial score (nSPS) is 23.8. The van der Waals surface area contributed by atoms with E-state index in [9.17, 15) is 80.5 Å². The summed E-state index contributed by atoms with van der Waals surface area (Å²) >= 11 is 0. The second-order valence-electron chi connectivity index (χ2n) is 27.5. The van der Waals surface area contributed by atoms with Crippen molar-refractivity contribution in [1.29, 1.82) is 0 Å². The third-order valence-electron chi connectivity index (χ3n) is 19.6. The summed E-state index contributed by atoms with van der Waals surface area (Å²) in [5.41, 5.74) is 1.61. The number of likely N-dealkylation sites (tertiary alicyclic amines) is 4. The standard InChI is InChI=1S/C68H92N4O16/c1-33(2)21-37-41-25-43(59(75)49(57(41)73)29-69-17-9-13-53(69)65(81)82)38(22-34(3)4)45-27-47(63(79)51(61(45)77)31-71-19-11-15-55(71)67(85)86)40(24-36(7)8)48-28-46(62(78)52(64(48)80)32-72-20-12-16-56(72)68(87)88)39(23-35(5)6)44-26-42(37)58(74)50(60(44)76)30-70-18-10-14-54(70)66(83)84/h25-28,33-40,53-56,73-80H,9-24,29-32H2,1-8H3,(H,81,82)(H,83,84)(H,85,86)(H,87,88)/t37?,38?,39?,40?,53-,54-,55-,56-/m0/s1. The predicted molar refractivity (Wildman–Crippen MR) is 329 cm³/mol. The van der Waals surface area contributed by atoms with Crippen molar-refractivity contribution >= 4 is 23.9 Å². The summed E-state index contributed by atoms with van der Waals surface area (Å²) in [4.78, 5) is 58.2. The fourth-order valence-corrected chi connectivity index (χ4v) is 15.3. The number of rotatable bonds is 20. The third-order valence-corrected chi connectivity index (χ3v) is 19.6. The van der Waals surface area contributed by atoms with Gasteiger partial charge in [0.2, 0.25) is 0 Å². The molecule has 9 rings (SSSR count). The summed E-state index contributed by atoms with van der Waals surface area (Å²) < 4.78 is 0. The number of carboxylic acids is 4. The van der Waals surface area contributed by atoms with Crippen LogP contribution in [0.1, 0.15) is 223 Å². The number of phenols is 8. The molecule has 0 unspecified atom stereocenters. The molecular formula is C68H92N4O16. The highest BCUT2D eigenvalue weighted by atomic mass is 16.4. The summed E-state index contributed by atoms with van der Waals surface area (Å²) in [6.45, 7) is 15.9. The first-order valence-corrected chi connectivity index (χ1v) is 31.8. The highest BCUT2D eigenvalue weighted by molar-refractivity contribution is 5.76. The van der Waals surface area contributed by atoms with Crippen LogP contribution in [-0.4, -0.2) is 155 Å². The van der Waals surface area contributed by atoms with Crippen LogP contribution < -0.4 is 0 Å². The van der Waals surface area contributed by atoms with Gasteiger partial charge < -0.3 is 61.3 Å². The minimum absolute atomic E-state index is 0.0136. The SMILES string of the molecule is CC(C)CC1c2cc(c(O)c(CN3CCC[C@H]3C(=O)O)c2O)C(CC(C)C)c2cc(c(O)c(CN3CCC[C@H]3C(=O)O)c2O)C(CC(C)C)c2cc(c(O)c(CN3CCC[C@H]3C(=O)O)c2O)C(CC(C)C)c2cc1c(O)c(CN1CCC[C@H]1C(=O)O)c2O. The summed E-state index contributed by atoms with van der Waals surface area (Å²) in [5.74, 6) is -12.3. The highest BCUT2D eigenvalue weighted by Gasteiger charge is 2.43. The maximum absolute atomic E-state index is 13.2. The number of hydrogen-bond acceptors (Lipinski definition) is 16. The molecule has 4 atom stereocenters. The van der Waals surface area contributed by atoms with Gasteiger partial charge in [-0.2, -0.15) is 0 Å². The molecule has 4 aromatic carbocycles. The molecule has 480 valence electrons. The molecule has 0 radical (unpaired) electrons. The lowest BCUT2D eigenvalue weighted by molar-refractivity contribution is -0.143. The average molecular weight is 1220 g/mol. The molecule has 4 fully saturated rings. The Morgan fingerprint density at radius 2 is 0.489 bits per heavy atom. The van der Waals surface area contributed by atoms with E-state index < -0.39 is 71.7 Å². The third kappa shape index (κ3) is 12.9. The Labute approximate surface area is 515 Å². The number of benzene rings is 4. The van der Waals surface area contributed by atoms with Gasteiger partial charge in [0, 0.05) is 94.4 Å². The van der Waals surface area contributed by atoms with E-state index >= 15 is 0 Å². The molecule has 4 aromatic rings. The molecule has 0 spiro atoms. The molecule has 20 heteroatoms. The van der Waals surface area contributed by atoms with Gasteiger partial charge in [-0.05, 0) is 151 Å². The Morgan fingerprint density at radius 1 is 0.330 bits per heavy atom. The Hall–Kier alpha value is -7.00. The van der Waals surface area contributed by atoms with Crippen molar-refractivity contribution in [2.24, 2.45) is 23.7 Å². The highest BCUT2D eigenvalue weighted by Crippen LogP contribution is 2.57. The molecule has 0 amide bonds. The van der Waals surface area contributed by atoms with Crippen LogP contribution in [0.25, 0.3) is 0 Å². The van der Waals surface area contributed by atoms with Crippen LogP contribution in [0.15, 0.2) is 24.3 Å². The van der Waals surface area contributed by atoms with Gasteiger partial charge >= 0.3 is 23.9 Å². The summed E-state index contributed by atoms with van der Waals surface area (Å²) in [6.07, 6.45) is 4.10. The van der Waals surface area contributed by atoms with E-state index in [0.29, 0.717) is 77.5 Å². The molecule has 8 bridgehead atoms. The van der Waals surface area contributed by atoms with Gasteiger partial charge in [-0.3, -0.25) is 38.8 Å². The molecule has 0 saturated carbocycles. The number of hydrogen-bond donors (Lipinski definition) is 12. The van der Waals surface area contributed by atoms with Crippen LogP contribution in [0.3, 0.4) is 0 Å². The van der Waals surface area contributed by atoms with Crippen LogP contribution >= 0.6 is 0 Å². The number of aliphatic carboxylic acids is 4. The fraction of sp³-hybridized carbons (Fsp3) is 0.588. The molecule has 0 aromatic heterocycles. The zero-order valence-corrected chi connectivity index (χ0v) is 52.2. The molecular weight excluding hydrogens is 1130 g/mol. The summed E-state index contributed by atoms with van der Waals surface area (Å²) in [6, 6.07) is 2.75. The van der Waals surface area contributed by atoms with Crippen LogP contribution in [0.4, 0.5) is 0 Å². The molecule has 1 aliphatic carbocycles. The van der Waals surface area contributed by atoms with Crippen molar-refractivity contribution in [3.05, 3.63) is 91.0 Å². The lowest BCUT2D eigenvalue weighted by Gasteiger charge is -2.34. The van der Waals surface area contributed by atoms with E-state index in [4.69, 9.17) is 0 Å². The molecule has 12 N–H and O–H groups in total. The molecule has 4 saturated heterocycles. The van der Waals surface area contributed by atoms with Crippen molar-refractivity contribution in [2.75, 3.05) is 26.2 Å². The number of carboxylic acid groups (broad SMARTS) is 4. The van der Waals surface area contributed by atoms with Crippen molar-refractivity contribution in [2.45, 2.75) is 206 Å². The zero-order chi connectivity index (χ0) is 64.1. The monoisotopic (exact) mass is 1220 g/mol. The van der Waals surface area contributed by atoms with Gasteiger partial charge in [0.25, 0.3) is 0 Å². The molecule has 88 heavy (non-hydrogen) atoms. The average Bonchev–Trinajstić information content (AvgIpc) is 0.865. The number of phenolic OH excluding ortho intramolecular Hbond substituents is 8. The second-order valence-corrected chi connectivity index (χ2v) is 27.5. The first-order chi connectivity index (χ1) is 41.6. The van der Waals surface area contributed by atoms with E-state index in [1.807, 2.05) is 55.4 Å². The second kappa shape index (κ2) is 26.6. The Morgan fingerprint density at radius 3 is 0.625 bits per heavy atom. The van der Waals surface area contributed by atoms with E-state index in [1.165, 1.54) is 0 Å². The van der Waals surface area contributed by atoms with Crippen LogP contribution in [-0.2, 0) is 45.4 Å². The molecule has 4 aliphatic heterocycles. The minimum Gasteiger partial charge on any atom is -0.507 e. The van der Waals surface area contributed by atoms with Crippen molar-refractivity contribution < 1.29 is 80.5 Å². The first-order valence-electron chi connectivity index (χ1n) is 31.8. The minimum atomic E-state index is -1.08. The van der Waals surface area contributed by atoms with Gasteiger partial charge in [-0.25, -0.2) is 0 Å². The Bertz CT molecular complexity index is 2760. The molecule has 4 heterocycles. The number of nitrogens with zero attached hydrogens (tertiary/aromatic N) is 4. The van der Waals surface area contributed by atoms with E-state index in [2.05, 4.69) is 0 Å². The van der Waals surface area contributed by atoms with Crippen molar-refractivity contribution in [3.8, 4) is 46.0 Å². The lowest BCUT2D eigenvalue weighted by atomic mass is 9.73.